The fourth-order valence-corrected chi connectivity index (χ4v) is 3.31. The average Bonchev–Trinajstić information content (AvgIpc) is 3.07. The maximum absolute atomic E-state index is 11.3. The number of nitrogens with zero attached hydrogens (tertiary/aromatic N) is 2. The van der Waals surface area contributed by atoms with E-state index >= 15 is 0 Å². The van der Waals surface area contributed by atoms with Crippen LogP contribution in [0.4, 0.5) is 11.4 Å². The van der Waals surface area contributed by atoms with Gasteiger partial charge < -0.3 is 10.6 Å². The van der Waals surface area contributed by atoms with E-state index in [1.807, 2.05) is 6.07 Å². The van der Waals surface area contributed by atoms with Crippen LogP contribution >= 0.6 is 11.3 Å². The van der Waals surface area contributed by atoms with Crippen LogP contribution in [0.5, 0.6) is 0 Å². The molecule has 1 aromatic carbocycles. The Bertz CT molecular complexity index is 622. The van der Waals surface area contributed by atoms with Crippen LogP contribution in [0.1, 0.15) is 19.3 Å². The van der Waals surface area contributed by atoms with Gasteiger partial charge >= 0.3 is 5.69 Å². The molecule has 1 saturated heterocycles. The number of hydrogen-bond acceptors (Lipinski definition) is 6. The van der Waals surface area contributed by atoms with E-state index in [0.29, 0.717) is 17.2 Å². The molecule has 3 rings (SSSR count). The zero-order chi connectivity index (χ0) is 13.9. The maximum Gasteiger partial charge on any atom is 0.319 e. The number of nitrogens with one attached hydrogen (secondary N) is 2. The van der Waals surface area contributed by atoms with Gasteiger partial charge in [-0.3, -0.25) is 10.1 Å². The van der Waals surface area contributed by atoms with Crippen molar-refractivity contribution in [3.8, 4) is 0 Å². The minimum absolute atomic E-state index is 0.0862. The molecule has 0 saturated carbocycles. The van der Waals surface area contributed by atoms with Crippen molar-refractivity contribution in [2.45, 2.75) is 25.3 Å². The Morgan fingerprint density at radius 2 is 2.45 bits per heavy atom. The molecule has 0 bridgehead atoms. The van der Waals surface area contributed by atoms with Gasteiger partial charge in [0.05, 0.1) is 15.1 Å². The summed E-state index contributed by atoms with van der Waals surface area (Å²) in [5.74, 6) is 0. The van der Waals surface area contributed by atoms with E-state index in [-0.39, 0.29) is 10.6 Å². The van der Waals surface area contributed by atoms with Crippen LogP contribution in [0, 0.1) is 10.1 Å². The van der Waals surface area contributed by atoms with Gasteiger partial charge in [0.15, 0.2) is 5.52 Å². The van der Waals surface area contributed by atoms with E-state index in [2.05, 4.69) is 15.6 Å². The summed E-state index contributed by atoms with van der Waals surface area (Å²) < 4.78 is 0.847. The van der Waals surface area contributed by atoms with Crippen molar-refractivity contribution < 1.29 is 4.92 Å². The van der Waals surface area contributed by atoms with Crippen molar-refractivity contribution in [3.63, 3.8) is 0 Å². The van der Waals surface area contributed by atoms with Gasteiger partial charge in [-0.05, 0) is 37.9 Å². The van der Waals surface area contributed by atoms with Gasteiger partial charge in [-0.15, -0.1) is 11.3 Å². The van der Waals surface area contributed by atoms with Crippen LogP contribution in [-0.4, -0.2) is 29.0 Å². The molecule has 1 aromatic heterocycles. The van der Waals surface area contributed by atoms with Gasteiger partial charge in [0.1, 0.15) is 5.69 Å². The third-order valence-electron chi connectivity index (χ3n) is 3.63. The second kappa shape index (κ2) is 5.72. The first-order valence-corrected chi connectivity index (χ1v) is 7.61. The largest absolute Gasteiger partial charge is 0.379 e. The summed E-state index contributed by atoms with van der Waals surface area (Å²) in [5, 5.41) is 17.9. The van der Waals surface area contributed by atoms with Gasteiger partial charge in [0.25, 0.3) is 0 Å². The van der Waals surface area contributed by atoms with Crippen molar-refractivity contribution in [2.75, 3.05) is 18.4 Å². The molecule has 0 amide bonds. The molecule has 106 valence electrons. The third-order valence-corrected chi connectivity index (χ3v) is 4.42. The van der Waals surface area contributed by atoms with E-state index in [9.17, 15) is 10.1 Å². The van der Waals surface area contributed by atoms with Crippen molar-refractivity contribution in [1.82, 2.24) is 10.3 Å². The van der Waals surface area contributed by atoms with Gasteiger partial charge in [0.2, 0.25) is 0 Å². The lowest BCUT2D eigenvalue weighted by atomic mass is 10.1. The van der Waals surface area contributed by atoms with E-state index < -0.39 is 0 Å². The van der Waals surface area contributed by atoms with Crippen molar-refractivity contribution >= 4 is 32.9 Å². The minimum atomic E-state index is -0.349. The van der Waals surface area contributed by atoms with Crippen LogP contribution in [0.2, 0.25) is 0 Å². The maximum atomic E-state index is 11.3. The molecular weight excluding hydrogens is 276 g/mol. The predicted octanol–water partition coefficient (Wildman–Crippen LogP) is 2.76. The molecule has 20 heavy (non-hydrogen) atoms. The molecule has 0 aliphatic carbocycles. The first-order chi connectivity index (χ1) is 9.75. The van der Waals surface area contributed by atoms with Crippen molar-refractivity contribution in [1.29, 1.82) is 0 Å². The molecule has 1 fully saturated rings. The Morgan fingerprint density at radius 3 is 3.20 bits per heavy atom. The van der Waals surface area contributed by atoms with E-state index in [1.165, 1.54) is 24.2 Å². The Morgan fingerprint density at radius 1 is 1.55 bits per heavy atom. The number of fused-ring (bicyclic) bond motifs is 1. The Kier molecular flexibility index (Phi) is 3.79. The highest BCUT2D eigenvalue weighted by atomic mass is 32.1. The molecule has 1 aliphatic heterocycles. The topological polar surface area (TPSA) is 80.1 Å². The Hall–Kier alpha value is -1.73. The monoisotopic (exact) mass is 292 g/mol. The molecule has 2 heterocycles. The van der Waals surface area contributed by atoms with Gasteiger partial charge in [-0.1, -0.05) is 0 Å². The standard InChI is InChI=1S/C13H16N4O2S/c18-17(19)13-10(3-4-11-12(13)16-8-20-11)15-7-5-9-2-1-6-14-9/h3-4,8-9,14-15H,1-2,5-7H2/t9-/m0/s1. The molecule has 2 aromatic rings. The summed E-state index contributed by atoms with van der Waals surface area (Å²) in [6.07, 6.45) is 3.39. The first kappa shape index (κ1) is 13.3. The molecule has 0 unspecified atom stereocenters. The number of benzene rings is 1. The smallest absolute Gasteiger partial charge is 0.319 e. The van der Waals surface area contributed by atoms with Gasteiger partial charge in [0, 0.05) is 12.6 Å². The molecule has 2 N–H and O–H groups in total. The number of rotatable bonds is 5. The lowest BCUT2D eigenvalue weighted by Gasteiger charge is -2.11. The highest BCUT2D eigenvalue weighted by molar-refractivity contribution is 7.16. The van der Waals surface area contributed by atoms with Crippen molar-refractivity contribution in [3.05, 3.63) is 27.8 Å². The number of thiazole rings is 1. The van der Waals surface area contributed by atoms with Crippen LogP contribution < -0.4 is 10.6 Å². The van der Waals surface area contributed by atoms with Crippen LogP contribution in [0.15, 0.2) is 17.6 Å². The second-order valence-electron chi connectivity index (χ2n) is 4.93. The molecule has 0 spiro atoms. The average molecular weight is 292 g/mol. The molecule has 1 aliphatic rings. The zero-order valence-electron chi connectivity index (χ0n) is 11.0. The summed E-state index contributed by atoms with van der Waals surface area (Å²) in [6, 6.07) is 4.20. The Balaban J connectivity index is 1.76. The normalized spacial score (nSPS) is 18.5. The van der Waals surface area contributed by atoms with Gasteiger partial charge in [-0.2, -0.15) is 0 Å². The van der Waals surface area contributed by atoms with Crippen molar-refractivity contribution in [2.24, 2.45) is 0 Å². The highest BCUT2D eigenvalue weighted by Gasteiger charge is 2.21. The summed E-state index contributed by atoms with van der Waals surface area (Å²) in [7, 11) is 0. The van der Waals surface area contributed by atoms with E-state index in [1.54, 1.807) is 11.6 Å². The molecule has 1 atom stereocenters. The number of anilines is 1. The molecule has 6 nitrogen and oxygen atoms in total. The SMILES string of the molecule is O=[N+]([O-])c1c(NCC[C@@H]2CCCN2)ccc2scnc12. The number of nitro groups is 1. The summed E-state index contributed by atoms with van der Waals surface area (Å²) in [4.78, 5) is 15.0. The summed E-state index contributed by atoms with van der Waals surface area (Å²) in [6.45, 7) is 1.81. The number of hydrogen-bond donors (Lipinski definition) is 2. The zero-order valence-corrected chi connectivity index (χ0v) is 11.8. The van der Waals surface area contributed by atoms with Crippen LogP contribution in [-0.2, 0) is 0 Å². The summed E-state index contributed by atoms with van der Waals surface area (Å²) >= 11 is 1.42. The lowest BCUT2D eigenvalue weighted by Crippen LogP contribution is -2.24. The second-order valence-corrected chi connectivity index (χ2v) is 5.81. The van der Waals surface area contributed by atoms with Crippen LogP contribution in [0.25, 0.3) is 10.2 Å². The minimum Gasteiger partial charge on any atom is -0.379 e. The van der Waals surface area contributed by atoms with Crippen LogP contribution in [0.3, 0.4) is 0 Å². The third kappa shape index (κ3) is 2.59. The predicted molar refractivity (Wildman–Crippen MR) is 80.4 cm³/mol. The highest BCUT2D eigenvalue weighted by Crippen LogP contribution is 2.34. The fraction of sp³-hybridized carbons (Fsp3) is 0.462. The first-order valence-electron chi connectivity index (χ1n) is 6.73. The van der Waals surface area contributed by atoms with E-state index in [0.717, 1.165) is 24.2 Å². The van der Waals surface area contributed by atoms with Gasteiger partial charge in [-0.25, -0.2) is 4.98 Å². The lowest BCUT2D eigenvalue weighted by molar-refractivity contribution is -0.382. The molecular formula is C13H16N4O2S. The molecule has 0 radical (unpaired) electrons. The summed E-state index contributed by atoms with van der Waals surface area (Å²) in [5.41, 5.74) is 2.77. The number of nitro benzene ring substituents is 1. The quantitative estimate of drug-likeness (QED) is 0.654. The van der Waals surface area contributed by atoms with E-state index in [4.69, 9.17) is 0 Å². The number of aromatic nitrogens is 1. The molecule has 7 heteroatoms. The Labute approximate surface area is 120 Å². The fourth-order valence-electron chi connectivity index (χ4n) is 2.63.